The van der Waals surface area contributed by atoms with Crippen molar-refractivity contribution in [3.8, 4) is 0 Å². The van der Waals surface area contributed by atoms with E-state index in [9.17, 15) is 14.3 Å². The highest BCUT2D eigenvalue weighted by Crippen LogP contribution is 2.34. The second kappa shape index (κ2) is 7.47. The van der Waals surface area contributed by atoms with Crippen molar-refractivity contribution in [2.75, 3.05) is 6.61 Å². The van der Waals surface area contributed by atoms with E-state index in [4.69, 9.17) is 39.5 Å². The zero-order valence-corrected chi connectivity index (χ0v) is 14.2. The largest absolute Gasteiger partial charge is 0.506 e. The van der Waals surface area contributed by atoms with Gasteiger partial charge in [-0.05, 0) is 6.92 Å². The minimum atomic E-state index is -1.04. The van der Waals surface area contributed by atoms with Gasteiger partial charge in [-0.2, -0.15) is 0 Å². The highest BCUT2D eigenvalue weighted by Gasteiger charge is 2.37. The molecule has 23 heavy (non-hydrogen) atoms. The third-order valence-electron chi connectivity index (χ3n) is 3.00. The van der Waals surface area contributed by atoms with Crippen LogP contribution in [-0.4, -0.2) is 41.1 Å². The summed E-state index contributed by atoms with van der Waals surface area (Å²) in [5, 5.41) is 10.2. The van der Waals surface area contributed by atoms with Crippen LogP contribution < -0.4 is 0 Å². The standard InChI is InChI=1S/C14H12Cl3FN2O3/c1-2-23-14(22)7(5-19-9-3-8(9)18)12(21)6-4-20-13(17)11(16)10(6)15/h4-5,8-9,21H,2-3H2,1H3/t8-,9+/m0/s1. The maximum atomic E-state index is 12.9. The first-order valence-corrected chi connectivity index (χ1v) is 7.77. The first-order chi connectivity index (χ1) is 10.9. The number of ether oxygens (including phenoxy) is 1. The number of pyridine rings is 1. The van der Waals surface area contributed by atoms with Gasteiger partial charge in [-0.25, -0.2) is 14.2 Å². The SMILES string of the molecule is CCOC(=O)C(C=N[C@@H]1C[C@@H]1F)=C(O)c1cnc(Cl)c(Cl)c1Cl. The Labute approximate surface area is 146 Å². The number of carbonyl (C=O) groups is 1. The first kappa shape index (κ1) is 18.0. The quantitative estimate of drug-likeness (QED) is 0.274. The number of hydrogen-bond acceptors (Lipinski definition) is 5. The highest BCUT2D eigenvalue weighted by atomic mass is 35.5. The molecule has 1 aliphatic rings. The van der Waals surface area contributed by atoms with E-state index in [0.717, 1.165) is 12.4 Å². The third kappa shape index (κ3) is 4.13. The molecule has 1 heterocycles. The van der Waals surface area contributed by atoms with E-state index in [-0.39, 0.29) is 39.4 Å². The summed E-state index contributed by atoms with van der Waals surface area (Å²) in [5.41, 5.74) is -0.281. The molecule has 0 saturated heterocycles. The molecule has 0 radical (unpaired) electrons. The van der Waals surface area contributed by atoms with Gasteiger partial charge in [0.25, 0.3) is 0 Å². The van der Waals surface area contributed by atoms with Gasteiger partial charge in [0.1, 0.15) is 22.7 Å². The van der Waals surface area contributed by atoms with Crippen LogP contribution in [0.4, 0.5) is 4.39 Å². The van der Waals surface area contributed by atoms with Crippen LogP contribution in [-0.2, 0) is 9.53 Å². The summed E-state index contributed by atoms with van der Waals surface area (Å²) in [6, 6.07) is -0.519. The number of rotatable bonds is 5. The molecule has 0 bridgehead atoms. The number of esters is 1. The second-order valence-corrected chi connectivity index (χ2v) is 5.78. The summed E-state index contributed by atoms with van der Waals surface area (Å²) in [4.78, 5) is 19.6. The maximum absolute atomic E-state index is 12.9. The van der Waals surface area contributed by atoms with Crippen molar-refractivity contribution in [1.29, 1.82) is 0 Å². The van der Waals surface area contributed by atoms with Gasteiger partial charge in [0.15, 0.2) is 0 Å². The topological polar surface area (TPSA) is 71.8 Å². The fourth-order valence-electron chi connectivity index (χ4n) is 1.65. The molecule has 9 heteroatoms. The Kier molecular flexibility index (Phi) is 5.84. The Morgan fingerprint density at radius 1 is 1.52 bits per heavy atom. The summed E-state index contributed by atoms with van der Waals surface area (Å²) in [6.45, 7) is 1.70. The molecule has 0 aromatic carbocycles. The molecular formula is C14H12Cl3FN2O3. The van der Waals surface area contributed by atoms with Crippen molar-refractivity contribution in [3.05, 3.63) is 32.5 Å². The van der Waals surface area contributed by atoms with Gasteiger partial charge in [0, 0.05) is 18.8 Å². The summed E-state index contributed by atoms with van der Waals surface area (Å²) < 4.78 is 17.7. The maximum Gasteiger partial charge on any atom is 0.343 e. The van der Waals surface area contributed by atoms with Gasteiger partial charge in [0.05, 0.1) is 28.3 Å². The Balaban J connectivity index is 2.46. The van der Waals surface area contributed by atoms with E-state index in [2.05, 4.69) is 9.98 Å². The molecule has 2 atom stereocenters. The number of aliphatic hydroxyl groups excluding tert-OH is 1. The Morgan fingerprint density at radius 2 is 2.17 bits per heavy atom. The predicted octanol–water partition coefficient (Wildman–Crippen LogP) is 4.06. The molecule has 2 rings (SSSR count). The van der Waals surface area contributed by atoms with Crippen LogP contribution in [0.5, 0.6) is 0 Å². The fourth-order valence-corrected chi connectivity index (χ4v) is 2.22. The van der Waals surface area contributed by atoms with Crippen LogP contribution in [0.1, 0.15) is 18.9 Å². The minimum Gasteiger partial charge on any atom is -0.506 e. The molecule has 1 aliphatic carbocycles. The Hall–Kier alpha value is -1.37. The zero-order valence-electron chi connectivity index (χ0n) is 11.9. The second-order valence-electron chi connectivity index (χ2n) is 4.67. The Morgan fingerprint density at radius 3 is 2.74 bits per heavy atom. The molecule has 1 saturated carbocycles. The van der Waals surface area contributed by atoms with Gasteiger partial charge in [-0.3, -0.25) is 4.99 Å². The van der Waals surface area contributed by atoms with E-state index in [1.807, 2.05) is 0 Å². The van der Waals surface area contributed by atoms with Crippen molar-refractivity contribution in [1.82, 2.24) is 4.98 Å². The van der Waals surface area contributed by atoms with Crippen molar-refractivity contribution in [3.63, 3.8) is 0 Å². The summed E-state index contributed by atoms with van der Waals surface area (Å²) >= 11 is 17.6. The number of nitrogens with zero attached hydrogens (tertiary/aromatic N) is 2. The van der Waals surface area contributed by atoms with Gasteiger partial charge in [0.2, 0.25) is 0 Å². The number of carbonyl (C=O) groups excluding carboxylic acids is 1. The first-order valence-electron chi connectivity index (χ1n) is 6.64. The molecule has 1 aromatic heterocycles. The average molecular weight is 382 g/mol. The molecule has 1 fully saturated rings. The lowest BCUT2D eigenvalue weighted by molar-refractivity contribution is -0.137. The van der Waals surface area contributed by atoms with E-state index in [0.29, 0.717) is 0 Å². The van der Waals surface area contributed by atoms with Crippen molar-refractivity contribution < 1.29 is 19.0 Å². The lowest BCUT2D eigenvalue weighted by Gasteiger charge is -2.09. The average Bonchev–Trinajstić information content (AvgIpc) is 3.21. The van der Waals surface area contributed by atoms with Crippen molar-refractivity contribution in [2.45, 2.75) is 25.6 Å². The number of hydrogen-bond donors (Lipinski definition) is 1. The lowest BCUT2D eigenvalue weighted by Crippen LogP contribution is -2.12. The van der Waals surface area contributed by atoms with Gasteiger partial charge >= 0.3 is 5.97 Å². The van der Waals surface area contributed by atoms with Crippen LogP contribution in [0, 0.1) is 0 Å². The third-order valence-corrected chi connectivity index (χ3v) is 4.24. The van der Waals surface area contributed by atoms with E-state index in [1.165, 1.54) is 0 Å². The van der Waals surface area contributed by atoms with Crippen molar-refractivity contribution >= 4 is 52.7 Å². The molecule has 0 spiro atoms. The molecule has 0 unspecified atom stereocenters. The fraction of sp³-hybridized carbons (Fsp3) is 0.357. The van der Waals surface area contributed by atoms with Crippen LogP contribution >= 0.6 is 34.8 Å². The molecule has 0 amide bonds. The normalized spacial score (nSPS) is 21.3. The van der Waals surface area contributed by atoms with Crippen LogP contribution in [0.2, 0.25) is 15.2 Å². The molecule has 5 nitrogen and oxygen atoms in total. The molecular weight excluding hydrogens is 370 g/mol. The smallest absolute Gasteiger partial charge is 0.343 e. The number of halogens is 4. The molecule has 124 valence electrons. The van der Waals surface area contributed by atoms with Crippen LogP contribution in [0.25, 0.3) is 5.76 Å². The summed E-state index contributed by atoms with van der Waals surface area (Å²) in [6.07, 6.45) is 1.47. The van der Waals surface area contributed by atoms with E-state index in [1.54, 1.807) is 6.92 Å². The van der Waals surface area contributed by atoms with E-state index < -0.39 is 23.9 Å². The number of aliphatic imine (C=N–C) groups is 1. The summed E-state index contributed by atoms with van der Waals surface area (Å²) in [7, 11) is 0. The number of alkyl halides is 1. The monoisotopic (exact) mass is 380 g/mol. The van der Waals surface area contributed by atoms with Crippen LogP contribution in [0.3, 0.4) is 0 Å². The molecule has 0 aliphatic heterocycles. The predicted molar refractivity (Wildman–Crippen MR) is 87.2 cm³/mol. The van der Waals surface area contributed by atoms with Crippen molar-refractivity contribution in [2.24, 2.45) is 4.99 Å². The van der Waals surface area contributed by atoms with E-state index >= 15 is 0 Å². The number of aromatic nitrogens is 1. The van der Waals surface area contributed by atoms with Gasteiger partial charge in [-0.15, -0.1) is 0 Å². The van der Waals surface area contributed by atoms with Gasteiger partial charge < -0.3 is 9.84 Å². The molecule has 1 N–H and O–H groups in total. The van der Waals surface area contributed by atoms with Gasteiger partial charge in [-0.1, -0.05) is 34.8 Å². The van der Waals surface area contributed by atoms with Crippen LogP contribution in [0.15, 0.2) is 16.8 Å². The Bertz CT molecular complexity index is 694. The lowest BCUT2D eigenvalue weighted by atomic mass is 10.1. The molecule has 1 aromatic rings. The zero-order chi connectivity index (χ0) is 17.1. The number of aliphatic hydroxyl groups is 1. The summed E-state index contributed by atoms with van der Waals surface area (Å²) in [5.74, 6) is -1.36. The minimum absolute atomic E-state index is 0.0110. The highest BCUT2D eigenvalue weighted by molar-refractivity contribution is 6.48.